The number of ether oxygens (including phenoxy) is 4. The van der Waals surface area contributed by atoms with Gasteiger partial charge < -0.3 is 29.2 Å². The van der Waals surface area contributed by atoms with Crippen molar-refractivity contribution < 1.29 is 29.2 Å². The van der Waals surface area contributed by atoms with Crippen LogP contribution in [0.3, 0.4) is 0 Å². The van der Waals surface area contributed by atoms with Crippen molar-refractivity contribution >= 4 is 0 Å². The average molecular weight is 414 g/mol. The van der Waals surface area contributed by atoms with E-state index in [0.717, 1.165) is 22.3 Å². The van der Waals surface area contributed by atoms with E-state index < -0.39 is 43.6 Å². The monoisotopic (exact) mass is 414 g/mol. The van der Waals surface area contributed by atoms with Crippen molar-refractivity contribution in [3.8, 4) is 0 Å². The third-order valence-corrected chi connectivity index (χ3v) is 6.13. The van der Waals surface area contributed by atoms with Gasteiger partial charge in [0, 0.05) is 11.1 Å². The molecular formula is C24H30O6. The van der Waals surface area contributed by atoms with Gasteiger partial charge in [0.25, 0.3) is 0 Å². The summed E-state index contributed by atoms with van der Waals surface area (Å²) in [5.74, 6) is 0. The first kappa shape index (κ1) is 21.4. The Morgan fingerprint density at radius 3 is 2.00 bits per heavy atom. The van der Waals surface area contributed by atoms with Gasteiger partial charge in [-0.1, -0.05) is 36.4 Å². The van der Waals surface area contributed by atoms with Crippen molar-refractivity contribution in [3.05, 3.63) is 69.8 Å². The van der Waals surface area contributed by atoms with Crippen LogP contribution in [0.15, 0.2) is 36.4 Å². The molecule has 0 unspecified atom stereocenters. The van der Waals surface area contributed by atoms with Crippen molar-refractivity contribution in [2.24, 2.45) is 0 Å². The lowest BCUT2D eigenvalue weighted by atomic mass is 9.98. The van der Waals surface area contributed by atoms with Gasteiger partial charge in [0.15, 0.2) is 12.6 Å². The summed E-state index contributed by atoms with van der Waals surface area (Å²) < 4.78 is 24.4. The maximum absolute atomic E-state index is 10.5. The minimum Gasteiger partial charge on any atom is -0.394 e. The van der Waals surface area contributed by atoms with E-state index in [-0.39, 0.29) is 0 Å². The fraction of sp³-hybridized carbons (Fsp3) is 0.500. The topological polar surface area (TPSA) is 77.4 Å². The summed E-state index contributed by atoms with van der Waals surface area (Å²) in [5.41, 5.74) is 6.43. The van der Waals surface area contributed by atoms with E-state index in [4.69, 9.17) is 18.9 Å². The molecule has 6 nitrogen and oxygen atoms in total. The van der Waals surface area contributed by atoms with Crippen LogP contribution >= 0.6 is 0 Å². The number of aryl methyl sites for hydroxylation is 4. The Hall–Kier alpha value is -1.80. The summed E-state index contributed by atoms with van der Waals surface area (Å²) >= 11 is 0. The zero-order chi connectivity index (χ0) is 21.4. The van der Waals surface area contributed by atoms with Crippen molar-refractivity contribution in [1.82, 2.24) is 0 Å². The summed E-state index contributed by atoms with van der Waals surface area (Å²) in [5, 5.41) is 20.1. The molecule has 6 atom stereocenters. The van der Waals surface area contributed by atoms with Gasteiger partial charge in [0.2, 0.25) is 0 Å². The van der Waals surface area contributed by atoms with Crippen LogP contribution in [-0.4, -0.2) is 47.8 Å². The Labute approximate surface area is 177 Å². The normalized spacial score (nSPS) is 30.0. The maximum atomic E-state index is 10.5. The molecule has 2 N–H and O–H groups in total. The second-order valence-corrected chi connectivity index (χ2v) is 8.31. The van der Waals surface area contributed by atoms with E-state index in [1.54, 1.807) is 0 Å². The smallest absolute Gasteiger partial charge is 0.184 e. The second kappa shape index (κ2) is 8.75. The molecule has 2 aliphatic heterocycles. The van der Waals surface area contributed by atoms with Gasteiger partial charge in [0.1, 0.15) is 24.4 Å². The minimum absolute atomic E-state index is 0.307. The van der Waals surface area contributed by atoms with Crippen LogP contribution in [0.4, 0.5) is 0 Å². The van der Waals surface area contributed by atoms with Crippen LogP contribution in [0.5, 0.6) is 0 Å². The van der Waals surface area contributed by atoms with E-state index in [9.17, 15) is 10.2 Å². The Morgan fingerprint density at radius 2 is 1.43 bits per heavy atom. The number of rotatable bonds is 4. The third kappa shape index (κ3) is 4.17. The minimum atomic E-state index is -1.09. The molecule has 0 saturated carbocycles. The highest BCUT2D eigenvalue weighted by Gasteiger charge is 2.48. The van der Waals surface area contributed by atoms with Gasteiger partial charge in [-0.25, -0.2) is 0 Å². The van der Waals surface area contributed by atoms with Gasteiger partial charge in [-0.2, -0.15) is 0 Å². The highest BCUT2D eigenvalue weighted by molar-refractivity contribution is 5.32. The van der Waals surface area contributed by atoms with Crippen LogP contribution < -0.4 is 0 Å². The largest absolute Gasteiger partial charge is 0.394 e. The standard InChI is InChI=1S/C24H30O6/c1-13-5-7-17(9-15(13)3)23-27-12-20-22(30-23)21(19(26)11-25)29-24(28-20)18-8-6-14(2)16(4)10-18/h5-10,19-26H,11-12H2,1-4H3/t19-,20-,21+,22-,23+,24-/m1/s1. The molecule has 4 rings (SSSR count). The van der Waals surface area contributed by atoms with Crippen LogP contribution in [0.2, 0.25) is 0 Å². The molecule has 0 spiro atoms. The van der Waals surface area contributed by atoms with E-state index in [2.05, 4.69) is 6.92 Å². The highest BCUT2D eigenvalue weighted by atomic mass is 16.8. The second-order valence-electron chi connectivity index (χ2n) is 8.31. The lowest BCUT2D eigenvalue weighted by Gasteiger charge is -2.47. The van der Waals surface area contributed by atoms with E-state index in [1.165, 1.54) is 11.1 Å². The first-order chi connectivity index (χ1) is 14.4. The van der Waals surface area contributed by atoms with Crippen LogP contribution in [0.25, 0.3) is 0 Å². The summed E-state index contributed by atoms with van der Waals surface area (Å²) in [6, 6.07) is 12.1. The summed E-state index contributed by atoms with van der Waals surface area (Å²) in [4.78, 5) is 0. The third-order valence-electron chi connectivity index (χ3n) is 6.13. The first-order valence-corrected chi connectivity index (χ1v) is 10.4. The summed E-state index contributed by atoms with van der Waals surface area (Å²) in [6.07, 6.45) is -4.05. The Morgan fingerprint density at radius 1 is 0.833 bits per heavy atom. The molecule has 2 saturated heterocycles. The predicted molar refractivity (Wildman–Crippen MR) is 111 cm³/mol. The number of hydrogen-bond acceptors (Lipinski definition) is 6. The molecule has 6 heteroatoms. The molecular weight excluding hydrogens is 384 g/mol. The lowest BCUT2D eigenvalue weighted by molar-refractivity contribution is -0.373. The zero-order valence-electron chi connectivity index (χ0n) is 17.9. The molecule has 0 aliphatic carbocycles. The Kier molecular flexibility index (Phi) is 6.25. The molecule has 0 aromatic heterocycles. The number of aliphatic hydroxyl groups excluding tert-OH is 2. The number of benzene rings is 2. The molecule has 2 heterocycles. The zero-order valence-corrected chi connectivity index (χ0v) is 17.9. The molecule has 30 heavy (non-hydrogen) atoms. The number of aliphatic hydroxyl groups is 2. The summed E-state index contributed by atoms with van der Waals surface area (Å²) in [7, 11) is 0. The van der Waals surface area contributed by atoms with Crippen molar-refractivity contribution in [1.29, 1.82) is 0 Å². The highest BCUT2D eigenvalue weighted by Crippen LogP contribution is 2.39. The molecule has 0 amide bonds. The van der Waals surface area contributed by atoms with Crippen LogP contribution in [0.1, 0.15) is 46.0 Å². The van der Waals surface area contributed by atoms with Gasteiger partial charge in [-0.05, 0) is 49.9 Å². The van der Waals surface area contributed by atoms with E-state index in [1.807, 2.05) is 57.2 Å². The lowest BCUT2D eigenvalue weighted by Crippen LogP contribution is -2.58. The van der Waals surface area contributed by atoms with Crippen molar-refractivity contribution in [2.75, 3.05) is 13.2 Å². The summed E-state index contributed by atoms with van der Waals surface area (Å²) in [6.45, 7) is 8.07. The molecule has 2 fully saturated rings. The number of fused-ring (bicyclic) bond motifs is 1. The first-order valence-electron chi connectivity index (χ1n) is 10.4. The fourth-order valence-corrected chi connectivity index (χ4v) is 3.93. The molecule has 0 bridgehead atoms. The van der Waals surface area contributed by atoms with Gasteiger partial charge in [-0.3, -0.25) is 0 Å². The van der Waals surface area contributed by atoms with Gasteiger partial charge in [0.05, 0.1) is 13.2 Å². The molecule has 0 radical (unpaired) electrons. The average Bonchev–Trinajstić information content (AvgIpc) is 2.75. The molecule has 2 aromatic carbocycles. The van der Waals surface area contributed by atoms with Crippen molar-refractivity contribution in [3.63, 3.8) is 0 Å². The van der Waals surface area contributed by atoms with Crippen LogP contribution in [0, 0.1) is 27.7 Å². The molecule has 2 aliphatic rings. The van der Waals surface area contributed by atoms with Crippen molar-refractivity contribution in [2.45, 2.75) is 64.7 Å². The Bertz CT molecular complexity index is 895. The predicted octanol–water partition coefficient (Wildman–Crippen LogP) is 3.17. The molecule has 162 valence electrons. The van der Waals surface area contributed by atoms with E-state index >= 15 is 0 Å². The fourth-order valence-electron chi connectivity index (χ4n) is 3.93. The quantitative estimate of drug-likeness (QED) is 0.800. The van der Waals surface area contributed by atoms with E-state index in [0.29, 0.717) is 6.61 Å². The van der Waals surface area contributed by atoms with Gasteiger partial charge >= 0.3 is 0 Å². The molecule has 2 aromatic rings. The maximum Gasteiger partial charge on any atom is 0.184 e. The SMILES string of the molecule is Cc1ccc([C@H]2OC[C@H]3O[C@@H](c4ccc(C)c(C)c4)O[C@@H]([C@H](O)CO)[C@@H]3O2)cc1C. The van der Waals surface area contributed by atoms with Gasteiger partial charge in [-0.15, -0.1) is 0 Å². The Balaban J connectivity index is 1.57. The number of hydrogen-bond donors (Lipinski definition) is 2. The van der Waals surface area contributed by atoms with Crippen LogP contribution in [-0.2, 0) is 18.9 Å².